The van der Waals surface area contributed by atoms with Crippen molar-refractivity contribution in [2.45, 2.75) is 39.0 Å². The molecule has 9 heteroatoms. The van der Waals surface area contributed by atoms with E-state index in [1.807, 2.05) is 30.5 Å². The molecule has 3 heterocycles. The van der Waals surface area contributed by atoms with Crippen molar-refractivity contribution < 1.29 is 14.5 Å². The highest BCUT2D eigenvalue weighted by molar-refractivity contribution is 7.09. The maximum atomic E-state index is 13.1. The van der Waals surface area contributed by atoms with E-state index in [0.29, 0.717) is 49.2 Å². The van der Waals surface area contributed by atoms with Crippen LogP contribution in [0.15, 0.2) is 47.8 Å². The number of nitro benzene ring substituents is 1. The van der Waals surface area contributed by atoms with Crippen molar-refractivity contribution >= 4 is 28.8 Å². The summed E-state index contributed by atoms with van der Waals surface area (Å²) in [6.07, 6.45) is 2.13. The third kappa shape index (κ3) is 5.74. The normalized spacial score (nSPS) is 14.1. The molecule has 2 aromatic heterocycles. The van der Waals surface area contributed by atoms with Crippen molar-refractivity contribution in [2.24, 2.45) is 0 Å². The average Bonchev–Trinajstić information content (AvgIpc) is 3.37. The number of carbonyl (C=O) groups excluding carboxylic acids is 2. The van der Waals surface area contributed by atoms with Gasteiger partial charge < -0.3 is 10.2 Å². The number of nitrogens with zero attached hydrogens (tertiary/aromatic N) is 3. The first-order valence-electron chi connectivity index (χ1n) is 11.7. The Balaban J connectivity index is 1.43. The van der Waals surface area contributed by atoms with Gasteiger partial charge in [-0.15, -0.1) is 11.3 Å². The van der Waals surface area contributed by atoms with Gasteiger partial charge in [0.25, 0.3) is 17.5 Å². The highest BCUT2D eigenvalue weighted by Crippen LogP contribution is 2.31. The smallest absolute Gasteiger partial charge is 0.270 e. The Kier molecular flexibility index (Phi) is 7.55. The van der Waals surface area contributed by atoms with E-state index in [2.05, 4.69) is 11.4 Å². The molecule has 182 valence electrons. The molecule has 0 saturated carbocycles. The number of benzene rings is 1. The molecular weight excluding hydrogens is 464 g/mol. The zero-order valence-electron chi connectivity index (χ0n) is 19.8. The van der Waals surface area contributed by atoms with E-state index in [0.717, 1.165) is 17.8 Å². The van der Waals surface area contributed by atoms with Crippen LogP contribution in [0.5, 0.6) is 0 Å². The fourth-order valence-corrected chi connectivity index (χ4v) is 5.12. The summed E-state index contributed by atoms with van der Waals surface area (Å²) in [4.78, 5) is 44.4. The number of likely N-dealkylation sites (tertiary alicyclic amines) is 1. The minimum atomic E-state index is -0.487. The highest BCUT2D eigenvalue weighted by Gasteiger charge is 2.29. The fourth-order valence-electron chi connectivity index (χ4n) is 4.41. The summed E-state index contributed by atoms with van der Waals surface area (Å²) in [6, 6.07) is 12.1. The minimum absolute atomic E-state index is 0.0585. The lowest BCUT2D eigenvalue weighted by Gasteiger charge is -2.32. The first kappa shape index (κ1) is 24.5. The number of non-ortho nitro benzene ring substituents is 1. The third-order valence-corrected chi connectivity index (χ3v) is 7.31. The van der Waals surface area contributed by atoms with E-state index in [1.165, 1.54) is 17.0 Å². The van der Waals surface area contributed by atoms with Crippen LogP contribution < -0.4 is 5.32 Å². The van der Waals surface area contributed by atoms with Gasteiger partial charge in [-0.2, -0.15) is 0 Å². The second-order valence-corrected chi connectivity index (χ2v) is 9.83. The van der Waals surface area contributed by atoms with Crippen LogP contribution in [0, 0.1) is 24.0 Å². The second kappa shape index (κ2) is 10.8. The molecule has 1 saturated heterocycles. The Bertz CT molecular complexity index is 1230. The number of carbonyl (C=O) groups is 2. The van der Waals surface area contributed by atoms with Crippen molar-refractivity contribution in [2.75, 3.05) is 19.6 Å². The van der Waals surface area contributed by atoms with Gasteiger partial charge in [0.15, 0.2) is 0 Å². The van der Waals surface area contributed by atoms with E-state index in [4.69, 9.17) is 4.98 Å². The van der Waals surface area contributed by atoms with Crippen LogP contribution in [-0.2, 0) is 6.42 Å². The summed E-state index contributed by atoms with van der Waals surface area (Å²) in [5, 5.41) is 16.2. The quantitative estimate of drug-likeness (QED) is 0.381. The van der Waals surface area contributed by atoms with Crippen LogP contribution in [-0.4, -0.2) is 46.3 Å². The van der Waals surface area contributed by atoms with Gasteiger partial charge in [0, 0.05) is 53.8 Å². The van der Waals surface area contributed by atoms with Gasteiger partial charge in [0.2, 0.25) is 0 Å². The molecule has 0 radical (unpaired) electrons. The van der Waals surface area contributed by atoms with Crippen molar-refractivity contribution in [3.8, 4) is 0 Å². The van der Waals surface area contributed by atoms with Crippen molar-refractivity contribution in [1.29, 1.82) is 0 Å². The molecule has 1 N–H and O–H groups in total. The molecule has 1 aliphatic heterocycles. The van der Waals surface area contributed by atoms with E-state index in [-0.39, 0.29) is 23.4 Å². The molecule has 2 amide bonds. The lowest BCUT2D eigenvalue weighted by Crippen LogP contribution is -2.39. The number of pyridine rings is 1. The number of thiophene rings is 1. The van der Waals surface area contributed by atoms with Gasteiger partial charge in [-0.05, 0) is 62.3 Å². The van der Waals surface area contributed by atoms with Crippen molar-refractivity contribution in [3.63, 3.8) is 0 Å². The van der Waals surface area contributed by atoms with Gasteiger partial charge >= 0.3 is 0 Å². The van der Waals surface area contributed by atoms with E-state index in [9.17, 15) is 19.7 Å². The molecule has 0 aliphatic carbocycles. The number of nitrogens with one attached hydrogen (secondary N) is 1. The van der Waals surface area contributed by atoms with Gasteiger partial charge in [-0.3, -0.25) is 24.7 Å². The van der Waals surface area contributed by atoms with Crippen molar-refractivity contribution in [3.05, 3.63) is 90.9 Å². The number of hydrogen-bond acceptors (Lipinski definition) is 6. The van der Waals surface area contributed by atoms with Crippen LogP contribution in [0.2, 0.25) is 0 Å². The van der Waals surface area contributed by atoms with Crippen molar-refractivity contribution in [1.82, 2.24) is 15.2 Å². The molecule has 35 heavy (non-hydrogen) atoms. The molecule has 0 atom stereocenters. The number of aromatic nitrogens is 1. The van der Waals surface area contributed by atoms with Gasteiger partial charge in [-0.25, -0.2) is 0 Å². The molecule has 1 aromatic carbocycles. The van der Waals surface area contributed by atoms with Gasteiger partial charge in [0.1, 0.15) is 0 Å². The molecule has 1 fully saturated rings. The minimum Gasteiger partial charge on any atom is -0.352 e. The largest absolute Gasteiger partial charge is 0.352 e. The maximum Gasteiger partial charge on any atom is 0.270 e. The highest BCUT2D eigenvalue weighted by atomic mass is 32.1. The number of amides is 2. The molecule has 8 nitrogen and oxygen atoms in total. The molecule has 4 rings (SSSR count). The second-order valence-electron chi connectivity index (χ2n) is 8.79. The van der Waals surface area contributed by atoms with Crippen LogP contribution >= 0.6 is 11.3 Å². The topological polar surface area (TPSA) is 105 Å². The van der Waals surface area contributed by atoms with Gasteiger partial charge in [-0.1, -0.05) is 12.1 Å². The molecular formula is C26H28N4O4S. The lowest BCUT2D eigenvalue weighted by atomic mass is 9.89. The predicted octanol–water partition coefficient (Wildman–Crippen LogP) is 4.66. The SMILES string of the molecule is Cc1ccc(C(=O)NCCc2cccs2)c(C2CCN(C(=O)c3cc([N+](=O)[O-])ccc3C)CC2)n1. The average molecular weight is 493 g/mol. The summed E-state index contributed by atoms with van der Waals surface area (Å²) >= 11 is 1.67. The Morgan fingerprint density at radius 3 is 2.60 bits per heavy atom. The maximum absolute atomic E-state index is 13.1. The molecule has 3 aromatic rings. The Labute approximate surface area is 208 Å². The van der Waals surface area contributed by atoms with E-state index in [1.54, 1.807) is 29.2 Å². The molecule has 0 unspecified atom stereocenters. The Morgan fingerprint density at radius 2 is 1.91 bits per heavy atom. The summed E-state index contributed by atoms with van der Waals surface area (Å²) in [6.45, 7) is 5.25. The van der Waals surface area contributed by atoms with Crippen LogP contribution in [0.1, 0.15) is 61.3 Å². The van der Waals surface area contributed by atoms with E-state index < -0.39 is 4.92 Å². The summed E-state index contributed by atoms with van der Waals surface area (Å²) in [5.74, 6) is -0.272. The lowest BCUT2D eigenvalue weighted by molar-refractivity contribution is -0.384. The number of rotatable bonds is 7. The summed E-state index contributed by atoms with van der Waals surface area (Å²) in [7, 11) is 0. The zero-order chi connectivity index (χ0) is 24.9. The van der Waals surface area contributed by atoms with Crippen LogP contribution in [0.3, 0.4) is 0 Å². The standard InChI is InChI=1S/C26H28N4O4S/c1-17-5-7-20(30(33)34)16-23(17)26(32)29-13-10-19(11-14-29)24-22(8-6-18(2)28-24)25(31)27-12-9-21-4-3-15-35-21/h3-8,15-16,19H,9-14H2,1-2H3,(H,27,31). The number of hydrogen-bond donors (Lipinski definition) is 1. The fraction of sp³-hybridized carbons (Fsp3) is 0.346. The monoisotopic (exact) mass is 492 g/mol. The molecule has 0 bridgehead atoms. The van der Waals surface area contributed by atoms with Gasteiger partial charge in [0.05, 0.1) is 16.2 Å². The first-order valence-corrected chi connectivity index (χ1v) is 12.5. The van der Waals surface area contributed by atoms with Crippen LogP contribution in [0.25, 0.3) is 0 Å². The number of nitro groups is 1. The first-order chi connectivity index (χ1) is 16.8. The van der Waals surface area contributed by atoms with Crippen LogP contribution in [0.4, 0.5) is 5.69 Å². The third-order valence-electron chi connectivity index (χ3n) is 6.38. The molecule has 1 aliphatic rings. The summed E-state index contributed by atoms with van der Waals surface area (Å²) in [5.41, 5.74) is 3.19. The Morgan fingerprint density at radius 1 is 1.14 bits per heavy atom. The number of piperidine rings is 1. The predicted molar refractivity (Wildman–Crippen MR) is 135 cm³/mol. The molecule has 0 spiro atoms. The van der Waals surface area contributed by atoms with E-state index >= 15 is 0 Å². The zero-order valence-corrected chi connectivity index (χ0v) is 20.6. The summed E-state index contributed by atoms with van der Waals surface area (Å²) < 4.78 is 0. The number of aryl methyl sites for hydroxylation is 2. The Hall–Kier alpha value is -3.59.